The van der Waals surface area contributed by atoms with Gasteiger partial charge in [-0.3, -0.25) is 9.59 Å². The smallest absolute Gasteiger partial charge is 0.272 e. The summed E-state index contributed by atoms with van der Waals surface area (Å²) in [4.78, 5) is 23.1. The zero-order chi connectivity index (χ0) is 16.1. The molecule has 2 rings (SSSR count). The van der Waals surface area contributed by atoms with E-state index in [0.717, 1.165) is 5.56 Å². The number of hydrogen-bond donors (Lipinski definition) is 2. The van der Waals surface area contributed by atoms with E-state index < -0.39 is 0 Å². The Kier molecular flexibility index (Phi) is 4.77. The molecule has 1 atom stereocenters. The lowest BCUT2D eigenvalue weighted by molar-refractivity contribution is 0.0933. The molecule has 2 aromatic rings. The molecule has 0 saturated carbocycles. The molecule has 7 nitrogen and oxygen atoms in total. The highest BCUT2D eigenvalue weighted by Gasteiger charge is 2.16. The van der Waals surface area contributed by atoms with Gasteiger partial charge in [-0.05, 0) is 25.1 Å². The van der Waals surface area contributed by atoms with Gasteiger partial charge in [-0.25, -0.2) is 5.10 Å². The maximum absolute atomic E-state index is 12.1. The van der Waals surface area contributed by atoms with Crippen molar-refractivity contribution in [2.75, 3.05) is 14.2 Å². The molecule has 0 bridgehead atoms. The van der Waals surface area contributed by atoms with E-state index in [9.17, 15) is 9.59 Å². The SMILES string of the molecule is COc1ccc(C(C)NC(=O)c2ccc(=O)[nH]n2)c(OC)c1. The van der Waals surface area contributed by atoms with Crippen molar-refractivity contribution < 1.29 is 14.3 Å². The van der Waals surface area contributed by atoms with Crippen molar-refractivity contribution in [1.82, 2.24) is 15.5 Å². The third-order valence-corrected chi connectivity index (χ3v) is 3.17. The topological polar surface area (TPSA) is 93.3 Å². The molecule has 2 N–H and O–H groups in total. The number of aromatic nitrogens is 2. The van der Waals surface area contributed by atoms with E-state index in [1.54, 1.807) is 26.4 Å². The zero-order valence-corrected chi connectivity index (χ0v) is 12.5. The number of nitrogens with zero attached hydrogens (tertiary/aromatic N) is 1. The van der Waals surface area contributed by atoms with E-state index >= 15 is 0 Å². The lowest BCUT2D eigenvalue weighted by Crippen LogP contribution is -2.28. The van der Waals surface area contributed by atoms with Gasteiger partial charge in [0, 0.05) is 17.7 Å². The lowest BCUT2D eigenvalue weighted by Gasteiger charge is -2.17. The number of rotatable bonds is 5. The number of ether oxygens (including phenoxy) is 2. The normalized spacial score (nSPS) is 11.6. The molecule has 1 amide bonds. The zero-order valence-electron chi connectivity index (χ0n) is 12.5. The Morgan fingerprint density at radius 3 is 2.59 bits per heavy atom. The van der Waals surface area contributed by atoms with Gasteiger partial charge in [-0.2, -0.15) is 5.10 Å². The van der Waals surface area contributed by atoms with Crippen LogP contribution in [0.1, 0.15) is 29.0 Å². The standard InChI is InChI=1S/C15H17N3O4/c1-9(11-5-4-10(21-2)8-13(11)22-3)16-15(20)12-6-7-14(19)18-17-12/h4-9H,1-3H3,(H,16,20)(H,18,19). The maximum Gasteiger partial charge on any atom is 0.272 e. The van der Waals surface area contributed by atoms with Crippen LogP contribution in [0, 0.1) is 0 Å². The molecule has 116 valence electrons. The molecule has 0 aliphatic rings. The van der Waals surface area contributed by atoms with Crippen LogP contribution in [-0.2, 0) is 0 Å². The van der Waals surface area contributed by atoms with Crippen LogP contribution in [0.4, 0.5) is 0 Å². The highest BCUT2D eigenvalue weighted by atomic mass is 16.5. The Bertz CT molecular complexity index is 706. The Labute approximate surface area is 127 Å². The van der Waals surface area contributed by atoms with E-state index in [4.69, 9.17) is 9.47 Å². The molecule has 0 spiro atoms. The predicted molar refractivity (Wildman–Crippen MR) is 80.3 cm³/mol. The summed E-state index contributed by atoms with van der Waals surface area (Å²) in [7, 11) is 3.12. The molecular weight excluding hydrogens is 286 g/mol. The largest absolute Gasteiger partial charge is 0.497 e. The van der Waals surface area contributed by atoms with E-state index in [0.29, 0.717) is 11.5 Å². The first kappa shape index (κ1) is 15.6. The number of nitrogens with one attached hydrogen (secondary N) is 2. The summed E-state index contributed by atoms with van der Waals surface area (Å²) >= 11 is 0. The van der Waals surface area contributed by atoms with E-state index in [1.165, 1.54) is 12.1 Å². The summed E-state index contributed by atoms with van der Waals surface area (Å²) in [5.41, 5.74) is 0.585. The first-order chi connectivity index (χ1) is 10.5. The summed E-state index contributed by atoms with van der Waals surface area (Å²) < 4.78 is 10.5. The minimum absolute atomic E-state index is 0.138. The second-order valence-electron chi connectivity index (χ2n) is 4.61. The van der Waals surface area contributed by atoms with Gasteiger partial charge in [0.05, 0.1) is 20.3 Å². The average Bonchev–Trinajstić information content (AvgIpc) is 2.54. The highest BCUT2D eigenvalue weighted by Crippen LogP contribution is 2.29. The molecule has 1 heterocycles. The predicted octanol–water partition coefficient (Wildman–Crippen LogP) is 1.28. The number of methoxy groups -OCH3 is 2. The molecule has 1 aromatic heterocycles. The number of aromatic amines is 1. The van der Waals surface area contributed by atoms with E-state index in [-0.39, 0.29) is 23.2 Å². The molecule has 0 fully saturated rings. The minimum Gasteiger partial charge on any atom is -0.497 e. The third-order valence-electron chi connectivity index (χ3n) is 3.17. The number of hydrogen-bond acceptors (Lipinski definition) is 5. The molecule has 22 heavy (non-hydrogen) atoms. The Hall–Kier alpha value is -2.83. The van der Waals surface area contributed by atoms with Crippen molar-refractivity contribution in [3.8, 4) is 11.5 Å². The number of H-pyrrole nitrogens is 1. The van der Waals surface area contributed by atoms with Crippen LogP contribution in [-0.4, -0.2) is 30.3 Å². The molecule has 1 aromatic carbocycles. The fraction of sp³-hybridized carbons (Fsp3) is 0.267. The molecule has 0 saturated heterocycles. The van der Waals surface area contributed by atoms with Crippen LogP contribution in [0.3, 0.4) is 0 Å². The van der Waals surface area contributed by atoms with Crippen LogP contribution in [0.25, 0.3) is 0 Å². The average molecular weight is 303 g/mol. The van der Waals surface area contributed by atoms with E-state index in [2.05, 4.69) is 15.5 Å². The van der Waals surface area contributed by atoms with Crippen molar-refractivity contribution in [3.63, 3.8) is 0 Å². The summed E-state index contributed by atoms with van der Waals surface area (Å²) in [5.74, 6) is 0.893. The molecule has 0 radical (unpaired) electrons. The maximum atomic E-state index is 12.1. The fourth-order valence-electron chi connectivity index (χ4n) is 2.00. The van der Waals surface area contributed by atoms with Gasteiger partial charge in [0.2, 0.25) is 0 Å². The van der Waals surface area contributed by atoms with Gasteiger partial charge in [0.15, 0.2) is 0 Å². The molecular formula is C15H17N3O4. The molecule has 7 heteroatoms. The number of benzene rings is 1. The minimum atomic E-state index is -0.387. The Morgan fingerprint density at radius 1 is 1.23 bits per heavy atom. The number of amides is 1. The summed E-state index contributed by atoms with van der Waals surface area (Å²) in [6.45, 7) is 1.83. The number of carbonyl (C=O) groups is 1. The first-order valence-corrected chi connectivity index (χ1v) is 6.63. The highest BCUT2D eigenvalue weighted by molar-refractivity contribution is 5.92. The second kappa shape index (κ2) is 6.75. The van der Waals surface area contributed by atoms with Gasteiger partial charge in [0.25, 0.3) is 11.5 Å². The molecule has 0 aliphatic carbocycles. The van der Waals surface area contributed by atoms with Crippen LogP contribution in [0.2, 0.25) is 0 Å². The van der Waals surface area contributed by atoms with Gasteiger partial charge >= 0.3 is 0 Å². The van der Waals surface area contributed by atoms with Crippen LogP contribution < -0.4 is 20.3 Å². The summed E-state index contributed by atoms with van der Waals surface area (Å²) in [6.07, 6.45) is 0. The van der Waals surface area contributed by atoms with Crippen LogP contribution >= 0.6 is 0 Å². The van der Waals surface area contributed by atoms with Gasteiger partial charge in [-0.1, -0.05) is 0 Å². The van der Waals surface area contributed by atoms with Crippen molar-refractivity contribution >= 4 is 5.91 Å². The Balaban J connectivity index is 2.18. The van der Waals surface area contributed by atoms with E-state index in [1.807, 2.05) is 13.0 Å². The van der Waals surface area contributed by atoms with Gasteiger partial charge < -0.3 is 14.8 Å². The number of carbonyl (C=O) groups excluding carboxylic acids is 1. The Morgan fingerprint density at radius 2 is 2.00 bits per heavy atom. The van der Waals surface area contributed by atoms with Gasteiger partial charge in [0.1, 0.15) is 17.2 Å². The summed E-state index contributed by atoms with van der Waals surface area (Å²) in [5, 5.41) is 8.72. The summed E-state index contributed by atoms with van der Waals surface area (Å²) in [6, 6.07) is 7.67. The third kappa shape index (κ3) is 3.43. The quantitative estimate of drug-likeness (QED) is 0.868. The van der Waals surface area contributed by atoms with Crippen LogP contribution in [0.5, 0.6) is 11.5 Å². The van der Waals surface area contributed by atoms with Crippen LogP contribution in [0.15, 0.2) is 35.1 Å². The second-order valence-corrected chi connectivity index (χ2v) is 4.61. The lowest BCUT2D eigenvalue weighted by atomic mass is 10.1. The fourth-order valence-corrected chi connectivity index (χ4v) is 2.00. The van der Waals surface area contributed by atoms with Crippen molar-refractivity contribution in [2.45, 2.75) is 13.0 Å². The molecule has 0 aliphatic heterocycles. The van der Waals surface area contributed by atoms with Crippen molar-refractivity contribution in [3.05, 3.63) is 51.9 Å². The van der Waals surface area contributed by atoms with Crippen molar-refractivity contribution in [1.29, 1.82) is 0 Å². The monoisotopic (exact) mass is 303 g/mol. The van der Waals surface area contributed by atoms with Gasteiger partial charge in [-0.15, -0.1) is 0 Å². The molecule has 1 unspecified atom stereocenters. The van der Waals surface area contributed by atoms with Crippen molar-refractivity contribution in [2.24, 2.45) is 0 Å². The first-order valence-electron chi connectivity index (χ1n) is 6.63.